The molecule has 0 heterocycles. The monoisotopic (exact) mass is 350 g/mol. The Morgan fingerprint density at radius 1 is 1.19 bits per heavy atom. The van der Waals surface area contributed by atoms with Crippen LogP contribution in [0.5, 0.6) is 11.5 Å². The number of carbonyl (C=O) groups is 1. The van der Waals surface area contributed by atoms with Crippen LogP contribution in [0.15, 0.2) is 46.9 Å². The molecule has 1 N–H and O–H groups in total. The smallest absolute Gasteiger partial charge is 0.307 e. The molecule has 0 saturated heterocycles. The second kappa shape index (κ2) is 7.13. The summed E-state index contributed by atoms with van der Waals surface area (Å²) in [5.41, 5.74) is 1.62. The molecular weight excluding hydrogens is 336 g/mol. The molecule has 2 rings (SSSR count). The molecule has 0 saturated carbocycles. The molecule has 5 heteroatoms. The second-order valence-corrected chi connectivity index (χ2v) is 5.28. The Balaban J connectivity index is 2.11. The number of hydrogen-bond acceptors (Lipinski definition) is 3. The summed E-state index contributed by atoms with van der Waals surface area (Å²) in [5.74, 6) is 0.564. The molecule has 0 aliphatic heterocycles. The number of methoxy groups -OCH3 is 1. The van der Waals surface area contributed by atoms with Crippen LogP contribution in [0.3, 0.4) is 0 Å². The topological polar surface area (TPSA) is 55.8 Å². The number of hydrogen-bond donors (Lipinski definition) is 1. The van der Waals surface area contributed by atoms with Crippen molar-refractivity contribution in [3.8, 4) is 11.5 Å². The van der Waals surface area contributed by atoms with Crippen molar-refractivity contribution in [1.29, 1.82) is 0 Å². The van der Waals surface area contributed by atoms with Crippen molar-refractivity contribution in [2.75, 3.05) is 7.11 Å². The van der Waals surface area contributed by atoms with Gasteiger partial charge >= 0.3 is 5.97 Å². The summed E-state index contributed by atoms with van der Waals surface area (Å²) < 4.78 is 11.7. The van der Waals surface area contributed by atoms with Crippen molar-refractivity contribution in [3.63, 3.8) is 0 Å². The summed E-state index contributed by atoms with van der Waals surface area (Å²) in [6, 6.07) is 12.8. The molecule has 110 valence electrons. The van der Waals surface area contributed by atoms with Crippen LogP contribution < -0.4 is 9.47 Å². The largest absolute Gasteiger partial charge is 0.497 e. The molecule has 0 aliphatic rings. The number of halogens is 1. The van der Waals surface area contributed by atoms with E-state index in [1.165, 1.54) is 0 Å². The van der Waals surface area contributed by atoms with Crippen LogP contribution in [-0.2, 0) is 17.8 Å². The van der Waals surface area contributed by atoms with E-state index < -0.39 is 5.97 Å². The summed E-state index contributed by atoms with van der Waals surface area (Å²) in [7, 11) is 1.60. The number of benzene rings is 2. The van der Waals surface area contributed by atoms with Gasteiger partial charge < -0.3 is 14.6 Å². The number of carboxylic acid groups (broad SMARTS) is 1. The Bertz CT molecular complexity index is 640. The van der Waals surface area contributed by atoms with E-state index in [0.717, 1.165) is 21.3 Å². The quantitative estimate of drug-likeness (QED) is 0.863. The van der Waals surface area contributed by atoms with Crippen molar-refractivity contribution >= 4 is 21.9 Å². The number of carboxylic acids is 1. The van der Waals surface area contributed by atoms with Crippen LogP contribution in [0, 0.1) is 0 Å². The van der Waals surface area contributed by atoms with E-state index in [-0.39, 0.29) is 6.42 Å². The van der Waals surface area contributed by atoms with Gasteiger partial charge in [-0.25, -0.2) is 0 Å². The Morgan fingerprint density at radius 2 is 1.90 bits per heavy atom. The van der Waals surface area contributed by atoms with E-state index in [1.807, 2.05) is 36.4 Å². The zero-order valence-corrected chi connectivity index (χ0v) is 13.1. The molecule has 21 heavy (non-hydrogen) atoms. The Hall–Kier alpha value is -2.01. The minimum Gasteiger partial charge on any atom is -0.497 e. The van der Waals surface area contributed by atoms with Gasteiger partial charge in [-0.1, -0.05) is 24.3 Å². The lowest BCUT2D eigenvalue weighted by atomic mass is 10.1. The lowest BCUT2D eigenvalue weighted by Gasteiger charge is -2.12. The molecule has 0 unspecified atom stereocenters. The maximum absolute atomic E-state index is 10.9. The standard InChI is InChI=1S/C16H15BrO4/c1-20-13-6-7-15(14(17)9-13)21-10-12-5-3-2-4-11(12)8-16(18)19/h2-7,9H,8,10H2,1H3,(H,18,19). The Kier molecular flexibility index (Phi) is 5.22. The van der Waals surface area contributed by atoms with E-state index in [2.05, 4.69) is 15.9 Å². The maximum atomic E-state index is 10.9. The van der Waals surface area contributed by atoms with E-state index in [4.69, 9.17) is 14.6 Å². The summed E-state index contributed by atoms with van der Waals surface area (Å²) >= 11 is 3.42. The van der Waals surface area contributed by atoms with E-state index >= 15 is 0 Å². The van der Waals surface area contributed by atoms with E-state index in [1.54, 1.807) is 13.2 Å². The first-order valence-corrected chi connectivity index (χ1v) is 7.14. The van der Waals surface area contributed by atoms with Gasteiger partial charge in [0.25, 0.3) is 0 Å². The molecule has 2 aromatic carbocycles. The predicted octanol–water partition coefficient (Wildman–Crippen LogP) is 3.66. The third-order valence-electron chi connectivity index (χ3n) is 2.98. The highest BCUT2D eigenvalue weighted by Crippen LogP contribution is 2.29. The van der Waals surface area contributed by atoms with Crippen molar-refractivity contribution < 1.29 is 19.4 Å². The van der Waals surface area contributed by atoms with E-state index in [0.29, 0.717) is 12.4 Å². The SMILES string of the molecule is COc1ccc(OCc2ccccc2CC(=O)O)c(Br)c1. The highest BCUT2D eigenvalue weighted by atomic mass is 79.9. The van der Waals surface area contributed by atoms with Gasteiger partial charge in [-0.2, -0.15) is 0 Å². The van der Waals surface area contributed by atoms with Crippen molar-refractivity contribution in [3.05, 3.63) is 58.1 Å². The van der Waals surface area contributed by atoms with Crippen LogP contribution >= 0.6 is 15.9 Å². The lowest BCUT2D eigenvalue weighted by Crippen LogP contribution is -2.06. The maximum Gasteiger partial charge on any atom is 0.307 e. The first-order valence-electron chi connectivity index (χ1n) is 6.35. The van der Waals surface area contributed by atoms with Crippen LogP contribution in [0.2, 0.25) is 0 Å². The summed E-state index contributed by atoms with van der Waals surface area (Å²) in [6.45, 7) is 0.314. The van der Waals surface area contributed by atoms with Gasteiger partial charge in [-0.05, 0) is 45.3 Å². The van der Waals surface area contributed by atoms with Crippen molar-refractivity contribution in [2.24, 2.45) is 0 Å². The molecule has 0 aromatic heterocycles. The van der Waals surface area contributed by atoms with Gasteiger partial charge in [0.15, 0.2) is 0 Å². The number of ether oxygens (including phenoxy) is 2. The lowest BCUT2D eigenvalue weighted by molar-refractivity contribution is -0.136. The molecule has 0 atom stereocenters. The Labute approximate surface area is 131 Å². The molecule has 4 nitrogen and oxygen atoms in total. The minimum atomic E-state index is -0.854. The zero-order valence-electron chi connectivity index (χ0n) is 11.5. The van der Waals surface area contributed by atoms with Crippen LogP contribution in [0.4, 0.5) is 0 Å². The molecule has 0 amide bonds. The van der Waals surface area contributed by atoms with Crippen LogP contribution in [-0.4, -0.2) is 18.2 Å². The van der Waals surface area contributed by atoms with Gasteiger partial charge in [-0.15, -0.1) is 0 Å². The first kappa shape index (κ1) is 15.4. The molecule has 2 aromatic rings. The molecule has 0 fully saturated rings. The van der Waals surface area contributed by atoms with Crippen LogP contribution in [0.25, 0.3) is 0 Å². The fraction of sp³-hybridized carbons (Fsp3) is 0.188. The molecule has 0 radical (unpaired) electrons. The summed E-state index contributed by atoms with van der Waals surface area (Å²) in [4.78, 5) is 10.9. The zero-order chi connectivity index (χ0) is 15.2. The van der Waals surface area contributed by atoms with Crippen molar-refractivity contribution in [1.82, 2.24) is 0 Å². The average molecular weight is 351 g/mol. The summed E-state index contributed by atoms with van der Waals surface area (Å²) in [6.07, 6.45) is -0.0106. The second-order valence-electron chi connectivity index (χ2n) is 4.42. The van der Waals surface area contributed by atoms with Gasteiger partial charge in [0, 0.05) is 0 Å². The van der Waals surface area contributed by atoms with Gasteiger partial charge in [-0.3, -0.25) is 4.79 Å². The van der Waals surface area contributed by atoms with Crippen LogP contribution in [0.1, 0.15) is 11.1 Å². The summed E-state index contributed by atoms with van der Waals surface area (Å²) in [5, 5.41) is 8.92. The highest BCUT2D eigenvalue weighted by Gasteiger charge is 2.08. The molecule has 0 aliphatic carbocycles. The third kappa shape index (κ3) is 4.23. The molecule has 0 spiro atoms. The Morgan fingerprint density at radius 3 is 2.52 bits per heavy atom. The van der Waals surface area contributed by atoms with E-state index in [9.17, 15) is 4.79 Å². The molecular formula is C16H15BrO4. The predicted molar refractivity (Wildman–Crippen MR) is 82.8 cm³/mol. The number of aliphatic carboxylic acids is 1. The molecule has 0 bridgehead atoms. The first-order chi connectivity index (χ1) is 10.1. The fourth-order valence-electron chi connectivity index (χ4n) is 1.91. The fourth-order valence-corrected chi connectivity index (χ4v) is 2.39. The average Bonchev–Trinajstić information content (AvgIpc) is 2.46. The minimum absolute atomic E-state index is 0.0106. The van der Waals surface area contributed by atoms with Gasteiger partial charge in [0.1, 0.15) is 18.1 Å². The van der Waals surface area contributed by atoms with Gasteiger partial charge in [0.2, 0.25) is 0 Å². The normalized spacial score (nSPS) is 10.2. The number of rotatable bonds is 6. The van der Waals surface area contributed by atoms with Gasteiger partial charge in [0.05, 0.1) is 18.0 Å². The van der Waals surface area contributed by atoms with Crippen molar-refractivity contribution in [2.45, 2.75) is 13.0 Å². The third-order valence-corrected chi connectivity index (χ3v) is 3.60. The highest BCUT2D eigenvalue weighted by molar-refractivity contribution is 9.10.